The lowest BCUT2D eigenvalue weighted by molar-refractivity contribution is -0.387. The number of aromatic nitrogens is 3. The summed E-state index contributed by atoms with van der Waals surface area (Å²) in [5.74, 6) is 6.79. The molecular weight excluding hydrogens is 346 g/mol. The van der Waals surface area contributed by atoms with Crippen LogP contribution in [0, 0.1) is 17.0 Å². The molecular formula is C15H13N5O4S. The lowest BCUT2D eigenvalue weighted by Crippen LogP contribution is -2.11. The van der Waals surface area contributed by atoms with Gasteiger partial charge in [-0.2, -0.15) is 0 Å². The number of hydrogen-bond donors (Lipinski definition) is 1. The first kappa shape index (κ1) is 16.7. The van der Waals surface area contributed by atoms with Crippen molar-refractivity contribution in [3.8, 4) is 11.4 Å². The topological polar surface area (TPSA) is 130 Å². The van der Waals surface area contributed by atoms with E-state index in [0.29, 0.717) is 22.0 Å². The fourth-order valence-electron chi connectivity index (χ4n) is 2.21. The number of aryl methyl sites for hydroxylation is 1. The number of hydrogen-bond acceptors (Lipinski definition) is 8. The molecule has 0 atom stereocenters. The monoisotopic (exact) mass is 359 g/mol. The number of nitrogens with two attached hydrogens (primary N) is 1. The van der Waals surface area contributed by atoms with Crippen molar-refractivity contribution >= 4 is 23.2 Å². The molecule has 0 unspecified atom stereocenters. The van der Waals surface area contributed by atoms with E-state index < -0.39 is 4.92 Å². The Kier molecular flexibility index (Phi) is 4.28. The SMILES string of the molecule is CC(=O)c1ccc(Sc2nnc(-c3ccoc3C)n2N)c([N+](=O)[O-])c1. The summed E-state index contributed by atoms with van der Waals surface area (Å²) >= 11 is 0.994. The highest BCUT2D eigenvalue weighted by Crippen LogP contribution is 2.35. The van der Waals surface area contributed by atoms with Crippen LogP contribution in [0.15, 0.2) is 45.0 Å². The summed E-state index contributed by atoms with van der Waals surface area (Å²) in [6.45, 7) is 3.12. The molecule has 128 valence electrons. The maximum absolute atomic E-state index is 11.4. The van der Waals surface area contributed by atoms with E-state index in [0.717, 1.165) is 11.8 Å². The van der Waals surface area contributed by atoms with Crippen LogP contribution in [0.5, 0.6) is 0 Å². The van der Waals surface area contributed by atoms with Crippen molar-refractivity contribution in [1.29, 1.82) is 0 Å². The van der Waals surface area contributed by atoms with Crippen LogP contribution in [0.2, 0.25) is 0 Å². The van der Waals surface area contributed by atoms with E-state index in [4.69, 9.17) is 10.3 Å². The molecule has 3 rings (SSSR count). The van der Waals surface area contributed by atoms with Gasteiger partial charge in [-0.15, -0.1) is 10.2 Å². The number of nitro benzene ring substituents is 1. The molecule has 1 aromatic carbocycles. The number of nitrogens with zero attached hydrogens (tertiary/aromatic N) is 4. The predicted octanol–water partition coefficient (Wildman–Crippen LogP) is 2.82. The maximum atomic E-state index is 11.4. The molecule has 0 amide bonds. The summed E-state index contributed by atoms with van der Waals surface area (Å²) in [6.07, 6.45) is 1.51. The van der Waals surface area contributed by atoms with Crippen LogP contribution in [0.3, 0.4) is 0 Å². The molecule has 0 radical (unpaired) electrons. The smallest absolute Gasteiger partial charge is 0.284 e. The Morgan fingerprint density at radius 3 is 2.72 bits per heavy atom. The van der Waals surface area contributed by atoms with Crippen molar-refractivity contribution in [1.82, 2.24) is 14.9 Å². The Labute approximate surface area is 146 Å². The minimum Gasteiger partial charge on any atom is -0.469 e. The van der Waals surface area contributed by atoms with E-state index in [2.05, 4.69) is 10.2 Å². The molecule has 0 spiro atoms. The largest absolute Gasteiger partial charge is 0.469 e. The highest BCUT2D eigenvalue weighted by atomic mass is 32.2. The molecule has 0 saturated heterocycles. The van der Waals surface area contributed by atoms with Crippen molar-refractivity contribution < 1.29 is 14.1 Å². The van der Waals surface area contributed by atoms with E-state index in [9.17, 15) is 14.9 Å². The molecule has 0 aliphatic rings. The van der Waals surface area contributed by atoms with Gasteiger partial charge in [-0.05, 0) is 43.8 Å². The summed E-state index contributed by atoms with van der Waals surface area (Å²) in [4.78, 5) is 22.5. The molecule has 2 heterocycles. The highest BCUT2D eigenvalue weighted by Gasteiger charge is 2.21. The summed E-state index contributed by atoms with van der Waals surface area (Å²) in [6, 6.07) is 5.97. The van der Waals surface area contributed by atoms with E-state index in [1.165, 1.54) is 36.1 Å². The van der Waals surface area contributed by atoms with E-state index in [-0.39, 0.29) is 22.2 Å². The van der Waals surface area contributed by atoms with Crippen LogP contribution in [0.25, 0.3) is 11.4 Å². The fraction of sp³-hybridized carbons (Fsp3) is 0.133. The zero-order valence-corrected chi connectivity index (χ0v) is 14.1. The summed E-state index contributed by atoms with van der Waals surface area (Å²) in [5, 5.41) is 19.6. The number of nitro groups is 1. The standard InChI is InChI=1S/C15H13N5O4S/c1-8(21)10-3-4-13(12(7-10)20(22)23)25-15-18-17-14(19(15)16)11-5-6-24-9(11)2/h3-7H,16H2,1-2H3. The number of carbonyl (C=O) groups excluding carboxylic acids is 1. The Morgan fingerprint density at radius 2 is 2.12 bits per heavy atom. The van der Waals surface area contributed by atoms with E-state index in [1.54, 1.807) is 13.0 Å². The second-order valence-electron chi connectivity index (χ2n) is 5.16. The average Bonchev–Trinajstić information content (AvgIpc) is 3.13. The van der Waals surface area contributed by atoms with Gasteiger partial charge in [0.25, 0.3) is 5.69 Å². The first-order chi connectivity index (χ1) is 11.9. The summed E-state index contributed by atoms with van der Waals surface area (Å²) < 4.78 is 6.46. The lowest BCUT2D eigenvalue weighted by Gasteiger charge is -2.05. The van der Waals surface area contributed by atoms with Crippen LogP contribution >= 0.6 is 11.8 Å². The number of carbonyl (C=O) groups is 1. The van der Waals surface area contributed by atoms with Gasteiger partial charge >= 0.3 is 0 Å². The van der Waals surface area contributed by atoms with Crippen LogP contribution in [0.1, 0.15) is 23.0 Å². The van der Waals surface area contributed by atoms with Gasteiger partial charge in [0.2, 0.25) is 5.16 Å². The number of rotatable bonds is 5. The first-order valence-electron chi connectivity index (χ1n) is 7.10. The quantitative estimate of drug-likeness (QED) is 0.318. The third kappa shape index (κ3) is 3.11. The minimum atomic E-state index is -0.548. The lowest BCUT2D eigenvalue weighted by atomic mass is 10.1. The molecule has 0 fully saturated rings. The number of benzene rings is 1. The van der Waals surface area contributed by atoms with Gasteiger partial charge in [-0.25, -0.2) is 4.68 Å². The molecule has 0 bridgehead atoms. The Hall–Kier alpha value is -3.14. The number of furan rings is 1. The third-order valence-corrected chi connectivity index (χ3v) is 4.55. The van der Waals surface area contributed by atoms with E-state index >= 15 is 0 Å². The first-order valence-corrected chi connectivity index (χ1v) is 7.92. The van der Waals surface area contributed by atoms with Gasteiger partial charge in [-0.3, -0.25) is 14.9 Å². The number of ketones is 1. The van der Waals surface area contributed by atoms with Gasteiger partial charge < -0.3 is 10.3 Å². The number of Topliss-reactive ketones (excluding diaryl/α,β-unsaturated/α-hetero) is 1. The van der Waals surface area contributed by atoms with E-state index in [1.807, 2.05) is 0 Å². The Bertz CT molecular complexity index is 978. The van der Waals surface area contributed by atoms with Crippen molar-refractivity contribution in [2.24, 2.45) is 0 Å². The molecule has 2 aromatic heterocycles. The third-order valence-electron chi connectivity index (χ3n) is 3.53. The average molecular weight is 359 g/mol. The second kappa shape index (κ2) is 6.40. The molecule has 0 aliphatic carbocycles. The van der Waals surface area contributed by atoms with Gasteiger partial charge in [0, 0.05) is 11.6 Å². The van der Waals surface area contributed by atoms with Crippen LogP contribution < -0.4 is 5.84 Å². The molecule has 0 aliphatic heterocycles. The molecule has 3 aromatic rings. The van der Waals surface area contributed by atoms with Gasteiger partial charge in [0.15, 0.2) is 11.6 Å². The van der Waals surface area contributed by atoms with Crippen LogP contribution in [-0.2, 0) is 0 Å². The van der Waals surface area contributed by atoms with Crippen molar-refractivity contribution in [3.05, 3.63) is 52.0 Å². The molecule has 9 nitrogen and oxygen atoms in total. The Balaban J connectivity index is 1.98. The van der Waals surface area contributed by atoms with Crippen LogP contribution in [-0.4, -0.2) is 25.6 Å². The Morgan fingerprint density at radius 1 is 1.36 bits per heavy atom. The normalized spacial score (nSPS) is 10.8. The van der Waals surface area contributed by atoms with Gasteiger partial charge in [0.05, 0.1) is 21.6 Å². The predicted molar refractivity (Wildman–Crippen MR) is 89.8 cm³/mol. The molecule has 25 heavy (non-hydrogen) atoms. The fourth-order valence-corrected chi connectivity index (χ4v) is 3.05. The van der Waals surface area contributed by atoms with Crippen molar-refractivity contribution in [2.45, 2.75) is 23.9 Å². The van der Waals surface area contributed by atoms with Gasteiger partial charge in [0.1, 0.15) is 5.76 Å². The molecule has 0 saturated carbocycles. The zero-order chi connectivity index (χ0) is 18.1. The summed E-state index contributed by atoms with van der Waals surface area (Å²) in [7, 11) is 0. The summed E-state index contributed by atoms with van der Waals surface area (Å²) in [5.41, 5.74) is 0.755. The molecule has 10 heteroatoms. The van der Waals surface area contributed by atoms with Gasteiger partial charge in [-0.1, -0.05) is 0 Å². The second-order valence-corrected chi connectivity index (χ2v) is 6.17. The van der Waals surface area contributed by atoms with Crippen molar-refractivity contribution in [2.75, 3.05) is 5.84 Å². The zero-order valence-electron chi connectivity index (χ0n) is 13.3. The maximum Gasteiger partial charge on any atom is 0.284 e. The van der Waals surface area contributed by atoms with Crippen molar-refractivity contribution in [3.63, 3.8) is 0 Å². The highest BCUT2D eigenvalue weighted by molar-refractivity contribution is 7.99. The number of nitrogen functional groups attached to an aromatic ring is 1. The minimum absolute atomic E-state index is 0.193. The van der Waals surface area contributed by atoms with Crippen LogP contribution in [0.4, 0.5) is 5.69 Å². The molecule has 2 N–H and O–H groups in total.